The van der Waals surface area contributed by atoms with Crippen LogP contribution in [0.15, 0.2) is 0 Å². The first-order chi connectivity index (χ1) is 5.29. The van der Waals surface area contributed by atoms with Gasteiger partial charge in [-0.15, -0.1) is 0 Å². The molecule has 2 nitrogen and oxygen atoms in total. The number of rotatable bonds is 2. The second kappa shape index (κ2) is 4.37. The van der Waals surface area contributed by atoms with E-state index < -0.39 is 5.97 Å². The average molecular weight is 155 g/mol. The van der Waals surface area contributed by atoms with Crippen molar-refractivity contribution in [2.24, 2.45) is 5.92 Å². The molecule has 1 fully saturated rings. The summed E-state index contributed by atoms with van der Waals surface area (Å²) in [6.07, 6.45) is 8.58. The zero-order valence-electron chi connectivity index (χ0n) is 6.75. The lowest BCUT2D eigenvalue weighted by molar-refractivity contribution is -0.133. The summed E-state index contributed by atoms with van der Waals surface area (Å²) >= 11 is 0. The fourth-order valence-electron chi connectivity index (χ4n) is 1.68. The van der Waals surface area contributed by atoms with E-state index in [-0.39, 0.29) is 0 Å². The Labute approximate surface area is 67.6 Å². The van der Waals surface area contributed by atoms with Gasteiger partial charge in [-0.3, -0.25) is 4.79 Å². The van der Waals surface area contributed by atoms with Crippen LogP contribution in [0.1, 0.15) is 38.5 Å². The summed E-state index contributed by atoms with van der Waals surface area (Å²) in [4.78, 5) is 10.3. The van der Waals surface area contributed by atoms with Crippen LogP contribution < -0.4 is 0 Å². The number of carboxylic acids is 1. The van der Waals surface area contributed by atoms with Gasteiger partial charge >= 0.3 is 5.97 Å². The summed E-state index contributed by atoms with van der Waals surface area (Å²) in [5, 5.41) is 8.50. The third-order valence-electron chi connectivity index (χ3n) is 2.28. The highest BCUT2D eigenvalue weighted by Gasteiger charge is 2.15. The van der Waals surface area contributed by atoms with Crippen LogP contribution in [0.25, 0.3) is 0 Å². The smallest absolute Gasteiger partial charge is 0.307 e. The molecular weight excluding hydrogens is 140 g/mol. The predicted octanol–water partition coefficient (Wildman–Crippen LogP) is 2.25. The van der Waals surface area contributed by atoms with E-state index in [1.54, 1.807) is 0 Å². The number of carbonyl (C=O) groups is 1. The first-order valence-electron chi connectivity index (χ1n) is 4.37. The van der Waals surface area contributed by atoms with E-state index in [1.165, 1.54) is 32.1 Å². The Bertz CT molecular complexity index is 124. The van der Waals surface area contributed by atoms with Gasteiger partial charge in [-0.2, -0.15) is 0 Å². The van der Waals surface area contributed by atoms with Crippen LogP contribution in [0.3, 0.4) is 0 Å². The van der Waals surface area contributed by atoms with Gasteiger partial charge in [-0.05, 0) is 18.8 Å². The molecule has 0 aromatic heterocycles. The van der Waals surface area contributed by atoms with Crippen LogP contribution in [0, 0.1) is 12.3 Å². The highest BCUT2D eigenvalue weighted by Crippen LogP contribution is 2.24. The van der Waals surface area contributed by atoms with Gasteiger partial charge in [0.1, 0.15) is 0 Å². The van der Waals surface area contributed by atoms with Gasteiger partial charge in [-0.25, -0.2) is 0 Å². The fourth-order valence-corrected chi connectivity index (χ4v) is 1.68. The van der Waals surface area contributed by atoms with Crippen molar-refractivity contribution < 1.29 is 9.90 Å². The minimum atomic E-state index is -0.753. The quantitative estimate of drug-likeness (QED) is 0.621. The number of carboxylic acid groups (broad SMARTS) is 1. The molecule has 0 saturated heterocycles. The Morgan fingerprint density at radius 1 is 1.18 bits per heavy atom. The van der Waals surface area contributed by atoms with Crippen molar-refractivity contribution in [2.45, 2.75) is 38.5 Å². The van der Waals surface area contributed by atoms with E-state index in [0.29, 0.717) is 5.92 Å². The lowest BCUT2D eigenvalue weighted by atomic mass is 9.97. The SMILES string of the molecule is O=C(O)[CH]C1CCCCCC1. The first-order valence-corrected chi connectivity index (χ1v) is 4.37. The molecule has 0 unspecified atom stereocenters. The van der Waals surface area contributed by atoms with E-state index in [0.717, 1.165) is 12.8 Å². The number of aliphatic carboxylic acids is 1. The second-order valence-electron chi connectivity index (χ2n) is 3.26. The highest BCUT2D eigenvalue weighted by atomic mass is 16.4. The Kier molecular flexibility index (Phi) is 3.40. The topological polar surface area (TPSA) is 37.3 Å². The summed E-state index contributed by atoms with van der Waals surface area (Å²) in [6, 6.07) is 0. The van der Waals surface area contributed by atoms with E-state index >= 15 is 0 Å². The van der Waals surface area contributed by atoms with Crippen LogP contribution in [0.2, 0.25) is 0 Å². The average Bonchev–Trinajstić information content (AvgIpc) is 2.14. The van der Waals surface area contributed by atoms with Crippen molar-refractivity contribution in [3.8, 4) is 0 Å². The minimum absolute atomic E-state index is 0.343. The molecule has 1 aliphatic rings. The molecule has 11 heavy (non-hydrogen) atoms. The summed E-state index contributed by atoms with van der Waals surface area (Å²) < 4.78 is 0. The molecule has 1 rings (SSSR count). The lowest BCUT2D eigenvalue weighted by Gasteiger charge is -2.08. The monoisotopic (exact) mass is 155 g/mol. The van der Waals surface area contributed by atoms with Gasteiger partial charge in [0.25, 0.3) is 0 Å². The Morgan fingerprint density at radius 3 is 2.18 bits per heavy atom. The third-order valence-corrected chi connectivity index (χ3v) is 2.28. The summed E-state index contributed by atoms with van der Waals surface area (Å²) in [6.45, 7) is 0. The van der Waals surface area contributed by atoms with Crippen molar-refractivity contribution in [2.75, 3.05) is 0 Å². The van der Waals surface area contributed by atoms with Gasteiger partial charge in [0.05, 0.1) is 6.42 Å². The van der Waals surface area contributed by atoms with Crippen LogP contribution >= 0.6 is 0 Å². The van der Waals surface area contributed by atoms with Gasteiger partial charge in [0.2, 0.25) is 0 Å². The molecule has 63 valence electrons. The Hall–Kier alpha value is -0.530. The van der Waals surface area contributed by atoms with Gasteiger partial charge in [-0.1, -0.05) is 25.7 Å². The van der Waals surface area contributed by atoms with Gasteiger partial charge in [0, 0.05) is 0 Å². The number of hydrogen-bond acceptors (Lipinski definition) is 1. The molecule has 0 atom stereocenters. The van der Waals surface area contributed by atoms with Crippen LogP contribution in [-0.4, -0.2) is 11.1 Å². The first kappa shape index (κ1) is 8.57. The molecule has 0 aliphatic heterocycles. The minimum Gasteiger partial charge on any atom is -0.481 e. The summed E-state index contributed by atoms with van der Waals surface area (Å²) in [7, 11) is 0. The molecule has 1 N–H and O–H groups in total. The largest absolute Gasteiger partial charge is 0.481 e. The van der Waals surface area contributed by atoms with E-state index in [4.69, 9.17) is 5.11 Å². The molecule has 0 amide bonds. The molecular formula is C9H15O2. The molecule has 1 radical (unpaired) electrons. The highest BCUT2D eigenvalue weighted by molar-refractivity contribution is 5.76. The predicted molar refractivity (Wildman–Crippen MR) is 43.1 cm³/mol. The molecule has 1 aliphatic carbocycles. The van der Waals surface area contributed by atoms with Crippen LogP contribution in [0.4, 0.5) is 0 Å². The Morgan fingerprint density at radius 2 is 1.73 bits per heavy atom. The fraction of sp³-hybridized carbons (Fsp3) is 0.778. The van der Waals surface area contributed by atoms with Crippen molar-refractivity contribution in [1.82, 2.24) is 0 Å². The standard InChI is InChI=1S/C9H15O2/c10-9(11)7-8-5-3-1-2-4-6-8/h7-8H,1-6H2,(H,10,11). The molecule has 0 aromatic carbocycles. The Balaban J connectivity index is 2.25. The van der Waals surface area contributed by atoms with Crippen LogP contribution in [0.5, 0.6) is 0 Å². The van der Waals surface area contributed by atoms with Gasteiger partial charge in [0.15, 0.2) is 0 Å². The van der Waals surface area contributed by atoms with Crippen molar-refractivity contribution >= 4 is 5.97 Å². The molecule has 0 spiro atoms. The summed E-state index contributed by atoms with van der Waals surface area (Å²) in [5.74, 6) is -0.410. The maximum Gasteiger partial charge on any atom is 0.307 e. The molecule has 2 heteroatoms. The van der Waals surface area contributed by atoms with Crippen molar-refractivity contribution in [3.63, 3.8) is 0 Å². The van der Waals surface area contributed by atoms with Crippen molar-refractivity contribution in [3.05, 3.63) is 6.42 Å². The second-order valence-corrected chi connectivity index (χ2v) is 3.26. The maximum absolute atomic E-state index is 10.3. The normalized spacial score (nSPS) is 21.1. The molecule has 1 saturated carbocycles. The molecule has 0 aromatic rings. The van der Waals surface area contributed by atoms with Crippen LogP contribution in [-0.2, 0) is 4.79 Å². The summed E-state index contributed by atoms with van der Waals surface area (Å²) in [5.41, 5.74) is 0. The van der Waals surface area contributed by atoms with Gasteiger partial charge < -0.3 is 5.11 Å². The van der Waals surface area contributed by atoms with E-state index in [1.807, 2.05) is 0 Å². The zero-order chi connectivity index (χ0) is 8.10. The zero-order valence-corrected chi connectivity index (χ0v) is 6.75. The van der Waals surface area contributed by atoms with Crippen molar-refractivity contribution in [1.29, 1.82) is 0 Å². The molecule has 0 bridgehead atoms. The van der Waals surface area contributed by atoms with E-state index in [9.17, 15) is 4.79 Å². The maximum atomic E-state index is 10.3. The third kappa shape index (κ3) is 3.40. The lowest BCUT2D eigenvalue weighted by Crippen LogP contribution is -2.07. The van der Waals surface area contributed by atoms with E-state index in [2.05, 4.69) is 0 Å². The molecule has 0 heterocycles. The number of hydrogen-bond donors (Lipinski definition) is 1.